The minimum absolute atomic E-state index is 0.0165. The standard InChI is InChI=1S/C19H40O6/c1-5-7-19(8-6-2)25-14-12-22-16-18(4)24-13-11-21-15-17(3)23-10-9-20/h17-20H,5-16H2,1-4H3. The molecule has 0 radical (unpaired) electrons. The van der Waals surface area contributed by atoms with E-state index in [1.165, 1.54) is 0 Å². The van der Waals surface area contributed by atoms with Gasteiger partial charge in [0.2, 0.25) is 0 Å². The lowest BCUT2D eigenvalue weighted by atomic mass is 10.1. The van der Waals surface area contributed by atoms with E-state index < -0.39 is 0 Å². The van der Waals surface area contributed by atoms with E-state index in [1.54, 1.807) is 0 Å². The molecule has 0 bridgehead atoms. The van der Waals surface area contributed by atoms with Crippen LogP contribution in [0.3, 0.4) is 0 Å². The molecule has 0 saturated carbocycles. The number of ether oxygens (including phenoxy) is 5. The summed E-state index contributed by atoms with van der Waals surface area (Å²) in [6.45, 7) is 12.0. The Balaban J connectivity index is 3.44. The van der Waals surface area contributed by atoms with E-state index in [4.69, 9.17) is 28.8 Å². The summed E-state index contributed by atoms with van der Waals surface area (Å²) in [6.07, 6.45) is 4.95. The highest BCUT2D eigenvalue weighted by molar-refractivity contribution is 4.56. The highest BCUT2D eigenvalue weighted by Crippen LogP contribution is 2.08. The third-order valence-electron chi connectivity index (χ3n) is 3.63. The lowest BCUT2D eigenvalue weighted by Gasteiger charge is -2.18. The van der Waals surface area contributed by atoms with Crippen molar-refractivity contribution >= 4 is 0 Å². The fourth-order valence-electron chi connectivity index (χ4n) is 2.39. The summed E-state index contributed by atoms with van der Waals surface area (Å²) in [6, 6.07) is 0. The van der Waals surface area contributed by atoms with Crippen LogP contribution in [0.4, 0.5) is 0 Å². The maximum atomic E-state index is 8.66. The van der Waals surface area contributed by atoms with E-state index in [2.05, 4.69) is 13.8 Å². The first-order valence-corrected chi connectivity index (χ1v) is 9.75. The molecule has 2 unspecified atom stereocenters. The quantitative estimate of drug-likeness (QED) is 0.356. The van der Waals surface area contributed by atoms with Crippen LogP contribution in [-0.2, 0) is 23.7 Å². The zero-order valence-corrected chi connectivity index (χ0v) is 16.7. The smallest absolute Gasteiger partial charge is 0.0781 e. The predicted octanol–water partition coefficient (Wildman–Crippen LogP) is 2.81. The highest BCUT2D eigenvalue weighted by atomic mass is 16.6. The zero-order valence-electron chi connectivity index (χ0n) is 16.7. The first-order valence-electron chi connectivity index (χ1n) is 9.75. The van der Waals surface area contributed by atoms with Crippen LogP contribution in [0.15, 0.2) is 0 Å². The molecule has 0 heterocycles. The second-order valence-corrected chi connectivity index (χ2v) is 6.31. The van der Waals surface area contributed by atoms with E-state index in [9.17, 15) is 0 Å². The number of hydrogen-bond acceptors (Lipinski definition) is 6. The van der Waals surface area contributed by atoms with Gasteiger partial charge in [0.25, 0.3) is 0 Å². The Hall–Kier alpha value is -0.240. The highest BCUT2D eigenvalue weighted by Gasteiger charge is 2.07. The number of rotatable bonds is 19. The molecule has 0 fully saturated rings. The van der Waals surface area contributed by atoms with Crippen molar-refractivity contribution in [2.75, 3.05) is 52.9 Å². The van der Waals surface area contributed by atoms with E-state index in [0.29, 0.717) is 52.4 Å². The van der Waals surface area contributed by atoms with Crippen LogP contribution in [0, 0.1) is 0 Å². The molecule has 0 rings (SSSR count). The number of hydrogen-bond donors (Lipinski definition) is 1. The molecule has 6 nitrogen and oxygen atoms in total. The largest absolute Gasteiger partial charge is 0.394 e. The van der Waals surface area contributed by atoms with Gasteiger partial charge >= 0.3 is 0 Å². The van der Waals surface area contributed by atoms with Gasteiger partial charge < -0.3 is 28.8 Å². The fraction of sp³-hybridized carbons (Fsp3) is 1.00. The van der Waals surface area contributed by atoms with Gasteiger partial charge in [0, 0.05) is 0 Å². The van der Waals surface area contributed by atoms with Gasteiger partial charge in [-0.15, -0.1) is 0 Å². The van der Waals surface area contributed by atoms with Crippen molar-refractivity contribution in [2.45, 2.75) is 71.7 Å². The molecular formula is C19H40O6. The lowest BCUT2D eigenvalue weighted by molar-refractivity contribution is -0.0615. The van der Waals surface area contributed by atoms with Gasteiger partial charge in [-0.1, -0.05) is 26.7 Å². The van der Waals surface area contributed by atoms with Gasteiger partial charge in [-0.3, -0.25) is 0 Å². The molecule has 0 aliphatic heterocycles. The van der Waals surface area contributed by atoms with E-state index in [-0.39, 0.29) is 18.8 Å². The Kier molecular flexibility index (Phi) is 18.4. The van der Waals surface area contributed by atoms with Crippen molar-refractivity contribution in [3.8, 4) is 0 Å². The predicted molar refractivity (Wildman–Crippen MR) is 99.1 cm³/mol. The fourth-order valence-corrected chi connectivity index (χ4v) is 2.39. The minimum atomic E-state index is -0.0165. The van der Waals surface area contributed by atoms with Gasteiger partial charge in [0.05, 0.1) is 71.2 Å². The summed E-state index contributed by atoms with van der Waals surface area (Å²) in [5, 5.41) is 8.66. The van der Waals surface area contributed by atoms with Crippen molar-refractivity contribution in [2.24, 2.45) is 0 Å². The molecule has 0 aromatic carbocycles. The number of aliphatic hydroxyl groups excluding tert-OH is 1. The summed E-state index contributed by atoms with van der Waals surface area (Å²) in [4.78, 5) is 0. The van der Waals surface area contributed by atoms with Crippen LogP contribution in [0.2, 0.25) is 0 Å². The molecule has 25 heavy (non-hydrogen) atoms. The molecule has 0 aromatic heterocycles. The van der Waals surface area contributed by atoms with Crippen molar-refractivity contribution in [1.29, 1.82) is 0 Å². The SMILES string of the molecule is CCCC(CCC)OCCOCC(C)OCCOCC(C)OCCO. The molecule has 0 saturated heterocycles. The maximum absolute atomic E-state index is 8.66. The molecule has 1 N–H and O–H groups in total. The molecule has 0 aliphatic carbocycles. The zero-order chi connectivity index (χ0) is 18.8. The van der Waals surface area contributed by atoms with Crippen LogP contribution in [0.1, 0.15) is 53.4 Å². The summed E-state index contributed by atoms with van der Waals surface area (Å²) in [7, 11) is 0. The Morgan fingerprint density at radius 2 is 1.16 bits per heavy atom. The first kappa shape index (κ1) is 24.8. The van der Waals surface area contributed by atoms with Gasteiger partial charge in [-0.25, -0.2) is 0 Å². The van der Waals surface area contributed by atoms with Gasteiger partial charge in [0.15, 0.2) is 0 Å². The first-order chi connectivity index (χ1) is 12.1. The summed E-state index contributed by atoms with van der Waals surface area (Å²) in [5.41, 5.74) is 0. The molecule has 152 valence electrons. The van der Waals surface area contributed by atoms with Gasteiger partial charge in [0.1, 0.15) is 0 Å². The maximum Gasteiger partial charge on any atom is 0.0781 e. The Bertz CT molecular complexity index is 258. The summed E-state index contributed by atoms with van der Waals surface area (Å²) >= 11 is 0. The van der Waals surface area contributed by atoms with Gasteiger partial charge in [-0.2, -0.15) is 0 Å². The second-order valence-electron chi connectivity index (χ2n) is 6.31. The van der Waals surface area contributed by atoms with E-state index in [0.717, 1.165) is 25.7 Å². The topological polar surface area (TPSA) is 66.4 Å². The average Bonchev–Trinajstić information content (AvgIpc) is 2.59. The molecule has 2 atom stereocenters. The van der Waals surface area contributed by atoms with Crippen LogP contribution >= 0.6 is 0 Å². The number of aliphatic hydroxyl groups is 1. The van der Waals surface area contributed by atoms with E-state index in [1.807, 2.05) is 13.8 Å². The Morgan fingerprint density at radius 1 is 0.680 bits per heavy atom. The van der Waals surface area contributed by atoms with Crippen LogP contribution in [0.5, 0.6) is 0 Å². The second kappa shape index (κ2) is 18.5. The Labute approximate surface area is 154 Å². The van der Waals surface area contributed by atoms with Crippen LogP contribution in [0.25, 0.3) is 0 Å². The molecule has 0 aromatic rings. The average molecular weight is 365 g/mol. The third-order valence-corrected chi connectivity index (χ3v) is 3.63. The summed E-state index contributed by atoms with van der Waals surface area (Å²) < 4.78 is 27.9. The van der Waals surface area contributed by atoms with Gasteiger partial charge in [-0.05, 0) is 26.7 Å². The van der Waals surface area contributed by atoms with Crippen LogP contribution in [-0.4, -0.2) is 76.3 Å². The normalized spacial score (nSPS) is 14.2. The van der Waals surface area contributed by atoms with Crippen molar-refractivity contribution < 1.29 is 28.8 Å². The summed E-state index contributed by atoms with van der Waals surface area (Å²) in [5.74, 6) is 0. The lowest BCUT2D eigenvalue weighted by Crippen LogP contribution is -2.23. The molecule has 0 amide bonds. The van der Waals surface area contributed by atoms with Crippen molar-refractivity contribution in [3.63, 3.8) is 0 Å². The molecule has 6 heteroatoms. The van der Waals surface area contributed by atoms with Crippen molar-refractivity contribution in [3.05, 3.63) is 0 Å². The third kappa shape index (κ3) is 17.0. The Morgan fingerprint density at radius 3 is 1.64 bits per heavy atom. The van der Waals surface area contributed by atoms with E-state index >= 15 is 0 Å². The van der Waals surface area contributed by atoms with Crippen molar-refractivity contribution in [1.82, 2.24) is 0 Å². The minimum Gasteiger partial charge on any atom is -0.394 e. The molecule has 0 spiro atoms. The molecular weight excluding hydrogens is 324 g/mol. The monoisotopic (exact) mass is 364 g/mol. The van der Waals surface area contributed by atoms with Crippen LogP contribution < -0.4 is 0 Å². The molecule has 0 aliphatic rings.